The standard InChI is InChI=1S/C12H14N2O2/c1-2-10(6-13)14-7-9-3-4-11-12(5-9)16-8-15-11/h3-5,10,14H,2,7-8H2,1H3. The maximum absolute atomic E-state index is 8.80. The molecule has 0 amide bonds. The monoisotopic (exact) mass is 218 g/mol. The van der Waals surface area contributed by atoms with Gasteiger partial charge < -0.3 is 9.47 Å². The number of ether oxygens (including phenoxy) is 2. The number of nitrogens with zero attached hydrogens (tertiary/aromatic N) is 1. The number of benzene rings is 1. The van der Waals surface area contributed by atoms with Crippen molar-refractivity contribution in [2.45, 2.75) is 25.9 Å². The number of nitrogens with one attached hydrogen (secondary N) is 1. The van der Waals surface area contributed by atoms with Crippen molar-refractivity contribution in [1.82, 2.24) is 5.32 Å². The first kappa shape index (κ1) is 10.8. The quantitative estimate of drug-likeness (QED) is 0.837. The molecule has 0 bridgehead atoms. The summed E-state index contributed by atoms with van der Waals surface area (Å²) >= 11 is 0. The molecule has 1 atom stereocenters. The Morgan fingerprint density at radius 1 is 1.44 bits per heavy atom. The molecular weight excluding hydrogens is 204 g/mol. The van der Waals surface area contributed by atoms with Gasteiger partial charge in [0.2, 0.25) is 6.79 Å². The van der Waals surface area contributed by atoms with Crippen LogP contribution in [0.3, 0.4) is 0 Å². The van der Waals surface area contributed by atoms with E-state index < -0.39 is 0 Å². The van der Waals surface area contributed by atoms with Gasteiger partial charge in [0.05, 0.1) is 12.1 Å². The molecule has 4 heteroatoms. The van der Waals surface area contributed by atoms with E-state index in [9.17, 15) is 0 Å². The van der Waals surface area contributed by atoms with Gasteiger partial charge in [-0.2, -0.15) is 5.26 Å². The zero-order valence-corrected chi connectivity index (χ0v) is 9.19. The Balaban J connectivity index is 1.98. The molecule has 1 N–H and O–H groups in total. The summed E-state index contributed by atoms with van der Waals surface area (Å²) < 4.78 is 10.5. The molecule has 0 saturated carbocycles. The minimum atomic E-state index is -0.0922. The maximum atomic E-state index is 8.80. The first-order valence-electron chi connectivity index (χ1n) is 5.35. The van der Waals surface area contributed by atoms with Gasteiger partial charge >= 0.3 is 0 Å². The van der Waals surface area contributed by atoms with Gasteiger partial charge in [-0.3, -0.25) is 5.32 Å². The van der Waals surface area contributed by atoms with Crippen LogP contribution in [0.4, 0.5) is 0 Å². The molecule has 0 aliphatic carbocycles. The molecule has 1 unspecified atom stereocenters. The van der Waals surface area contributed by atoms with Crippen LogP contribution < -0.4 is 14.8 Å². The summed E-state index contributed by atoms with van der Waals surface area (Å²) in [5.41, 5.74) is 1.10. The Bertz CT molecular complexity index is 412. The largest absolute Gasteiger partial charge is 0.454 e. The van der Waals surface area contributed by atoms with E-state index in [0.717, 1.165) is 23.5 Å². The lowest BCUT2D eigenvalue weighted by Crippen LogP contribution is -2.25. The highest BCUT2D eigenvalue weighted by Gasteiger charge is 2.13. The van der Waals surface area contributed by atoms with Gasteiger partial charge in [-0.25, -0.2) is 0 Å². The Labute approximate surface area is 94.8 Å². The minimum absolute atomic E-state index is 0.0922. The van der Waals surface area contributed by atoms with Crippen molar-refractivity contribution in [3.05, 3.63) is 23.8 Å². The number of hydrogen-bond donors (Lipinski definition) is 1. The SMILES string of the molecule is CCC(C#N)NCc1ccc2c(c1)OCO2. The fourth-order valence-electron chi connectivity index (χ4n) is 1.57. The molecule has 1 aliphatic rings. The van der Waals surface area contributed by atoms with Crippen LogP contribution in [-0.4, -0.2) is 12.8 Å². The van der Waals surface area contributed by atoms with Crippen molar-refractivity contribution in [2.75, 3.05) is 6.79 Å². The van der Waals surface area contributed by atoms with E-state index in [-0.39, 0.29) is 6.04 Å². The molecule has 0 aromatic heterocycles. The van der Waals surface area contributed by atoms with Crippen LogP contribution in [-0.2, 0) is 6.54 Å². The molecule has 0 radical (unpaired) electrons. The van der Waals surface area contributed by atoms with Gasteiger partial charge in [0, 0.05) is 6.54 Å². The van der Waals surface area contributed by atoms with E-state index in [2.05, 4.69) is 11.4 Å². The van der Waals surface area contributed by atoms with Crippen molar-refractivity contribution < 1.29 is 9.47 Å². The van der Waals surface area contributed by atoms with Gasteiger partial charge in [-0.15, -0.1) is 0 Å². The van der Waals surface area contributed by atoms with E-state index in [1.54, 1.807) is 0 Å². The first-order chi connectivity index (χ1) is 7.83. The highest BCUT2D eigenvalue weighted by Crippen LogP contribution is 2.32. The lowest BCUT2D eigenvalue weighted by molar-refractivity contribution is 0.174. The van der Waals surface area contributed by atoms with E-state index >= 15 is 0 Å². The topological polar surface area (TPSA) is 54.3 Å². The summed E-state index contributed by atoms with van der Waals surface area (Å²) in [7, 11) is 0. The van der Waals surface area contributed by atoms with Gasteiger partial charge in [0.15, 0.2) is 11.5 Å². The number of fused-ring (bicyclic) bond motifs is 1. The fraction of sp³-hybridized carbons (Fsp3) is 0.417. The van der Waals surface area contributed by atoms with Gasteiger partial charge in [0.1, 0.15) is 0 Å². The third kappa shape index (κ3) is 2.26. The molecule has 16 heavy (non-hydrogen) atoms. The molecule has 2 rings (SSSR count). The van der Waals surface area contributed by atoms with E-state index in [1.807, 2.05) is 25.1 Å². The van der Waals surface area contributed by atoms with Gasteiger partial charge in [-0.05, 0) is 24.1 Å². The van der Waals surface area contributed by atoms with Crippen molar-refractivity contribution >= 4 is 0 Å². The highest BCUT2D eigenvalue weighted by molar-refractivity contribution is 5.44. The number of nitriles is 1. The van der Waals surface area contributed by atoms with Crippen molar-refractivity contribution in [3.63, 3.8) is 0 Å². The number of hydrogen-bond acceptors (Lipinski definition) is 4. The Kier molecular flexibility index (Phi) is 3.28. The zero-order chi connectivity index (χ0) is 11.4. The van der Waals surface area contributed by atoms with Crippen molar-refractivity contribution in [2.24, 2.45) is 0 Å². The summed E-state index contributed by atoms with van der Waals surface area (Å²) in [6.07, 6.45) is 0.807. The summed E-state index contributed by atoms with van der Waals surface area (Å²) in [5, 5.41) is 12.0. The lowest BCUT2D eigenvalue weighted by Gasteiger charge is -2.09. The molecule has 1 aromatic rings. The minimum Gasteiger partial charge on any atom is -0.454 e. The summed E-state index contributed by atoms with van der Waals surface area (Å²) in [5.74, 6) is 1.57. The average Bonchev–Trinajstić information content (AvgIpc) is 2.77. The summed E-state index contributed by atoms with van der Waals surface area (Å²) in [6.45, 7) is 2.95. The average molecular weight is 218 g/mol. The van der Waals surface area contributed by atoms with Crippen LogP contribution in [0.25, 0.3) is 0 Å². The zero-order valence-electron chi connectivity index (χ0n) is 9.19. The molecule has 1 heterocycles. The molecule has 0 spiro atoms. The molecule has 1 aromatic carbocycles. The second-order valence-corrected chi connectivity index (χ2v) is 3.66. The summed E-state index contributed by atoms with van der Waals surface area (Å²) in [6, 6.07) is 7.93. The van der Waals surface area contributed by atoms with Gasteiger partial charge in [-0.1, -0.05) is 13.0 Å². The van der Waals surface area contributed by atoms with Gasteiger partial charge in [0.25, 0.3) is 0 Å². The molecule has 1 aliphatic heterocycles. The molecular formula is C12H14N2O2. The van der Waals surface area contributed by atoms with E-state index in [1.165, 1.54) is 0 Å². The smallest absolute Gasteiger partial charge is 0.231 e. The Morgan fingerprint density at radius 3 is 3.00 bits per heavy atom. The third-order valence-corrected chi connectivity index (χ3v) is 2.55. The Morgan fingerprint density at radius 2 is 2.25 bits per heavy atom. The highest BCUT2D eigenvalue weighted by atomic mass is 16.7. The van der Waals surface area contributed by atoms with Crippen LogP contribution in [0.5, 0.6) is 11.5 Å². The van der Waals surface area contributed by atoms with Crippen LogP contribution in [0.2, 0.25) is 0 Å². The van der Waals surface area contributed by atoms with Crippen LogP contribution in [0.15, 0.2) is 18.2 Å². The second-order valence-electron chi connectivity index (χ2n) is 3.66. The molecule has 0 fully saturated rings. The maximum Gasteiger partial charge on any atom is 0.231 e. The second kappa shape index (κ2) is 4.86. The summed E-state index contributed by atoms with van der Waals surface area (Å²) in [4.78, 5) is 0. The fourth-order valence-corrected chi connectivity index (χ4v) is 1.57. The molecule has 84 valence electrons. The van der Waals surface area contributed by atoms with E-state index in [0.29, 0.717) is 13.3 Å². The normalized spacial score (nSPS) is 14.5. The molecule has 4 nitrogen and oxygen atoms in total. The van der Waals surface area contributed by atoms with Crippen LogP contribution in [0.1, 0.15) is 18.9 Å². The van der Waals surface area contributed by atoms with Crippen molar-refractivity contribution in [3.8, 4) is 17.6 Å². The number of rotatable bonds is 4. The predicted octanol–water partition coefficient (Wildman–Crippen LogP) is 1.81. The van der Waals surface area contributed by atoms with E-state index in [4.69, 9.17) is 14.7 Å². The third-order valence-electron chi connectivity index (χ3n) is 2.55. The van der Waals surface area contributed by atoms with Crippen LogP contribution >= 0.6 is 0 Å². The van der Waals surface area contributed by atoms with Crippen LogP contribution in [0, 0.1) is 11.3 Å². The lowest BCUT2D eigenvalue weighted by atomic mass is 10.2. The van der Waals surface area contributed by atoms with Crippen molar-refractivity contribution in [1.29, 1.82) is 5.26 Å². The predicted molar refractivity (Wildman–Crippen MR) is 59.1 cm³/mol. The molecule has 0 saturated heterocycles. The Hall–Kier alpha value is -1.73. The first-order valence-corrected chi connectivity index (χ1v) is 5.35.